The highest BCUT2D eigenvalue weighted by atomic mass is 35.5. The van der Waals surface area contributed by atoms with E-state index in [4.69, 9.17) is 18.0 Å². The molecule has 1 aromatic rings. The van der Waals surface area contributed by atoms with Crippen LogP contribution in [0.15, 0.2) is 6.20 Å². The summed E-state index contributed by atoms with van der Waals surface area (Å²) in [4.78, 5) is 7.02. The molecule has 0 aromatic carbocycles. The lowest BCUT2D eigenvalue weighted by Crippen LogP contribution is -2.04. The van der Waals surface area contributed by atoms with Crippen LogP contribution in [0.25, 0.3) is 0 Å². The molecule has 1 aromatic heterocycles. The van der Waals surface area contributed by atoms with Gasteiger partial charge in [-0.3, -0.25) is 0 Å². The monoisotopic (exact) mass is 185 g/mol. The second-order valence-electron chi connectivity index (χ2n) is 1.89. The summed E-state index contributed by atoms with van der Waals surface area (Å²) in [5.41, 5.74) is 0. The van der Waals surface area contributed by atoms with Crippen molar-refractivity contribution in [1.82, 2.24) is 9.97 Å². The van der Waals surface area contributed by atoms with E-state index in [9.17, 15) is 4.39 Å². The van der Waals surface area contributed by atoms with Gasteiger partial charge >= 0.3 is 0 Å². The first-order valence-electron chi connectivity index (χ1n) is 3.09. The van der Waals surface area contributed by atoms with Crippen LogP contribution in [0.2, 0.25) is 5.28 Å². The maximum atomic E-state index is 12.8. The van der Waals surface area contributed by atoms with Crippen molar-refractivity contribution in [3.05, 3.63) is 17.3 Å². The van der Waals surface area contributed by atoms with Crippen LogP contribution in [0.1, 0.15) is 0 Å². The van der Waals surface area contributed by atoms with E-state index in [1.165, 1.54) is 0 Å². The van der Waals surface area contributed by atoms with Crippen molar-refractivity contribution in [1.29, 1.82) is 0 Å². The Hall–Kier alpha value is -1.34. The fourth-order valence-electron chi connectivity index (χ4n) is 0.604. The lowest BCUT2D eigenvalue weighted by atomic mass is 10.5. The molecule has 1 N–H and O–H groups in total. The molecule has 3 nitrogen and oxygen atoms in total. The van der Waals surface area contributed by atoms with Gasteiger partial charge < -0.3 is 5.32 Å². The van der Waals surface area contributed by atoms with Gasteiger partial charge in [-0.2, -0.15) is 4.98 Å². The van der Waals surface area contributed by atoms with Crippen LogP contribution in [0.4, 0.5) is 10.2 Å². The summed E-state index contributed by atoms with van der Waals surface area (Å²) in [6.45, 7) is 0.199. The van der Waals surface area contributed by atoms with Crippen LogP contribution in [0, 0.1) is 18.2 Å². The van der Waals surface area contributed by atoms with Gasteiger partial charge in [0.05, 0.1) is 12.7 Å². The van der Waals surface area contributed by atoms with Crippen LogP contribution >= 0.6 is 11.6 Å². The fraction of sp³-hybridized carbons (Fsp3) is 0.143. The van der Waals surface area contributed by atoms with Crippen molar-refractivity contribution < 1.29 is 4.39 Å². The van der Waals surface area contributed by atoms with Gasteiger partial charge in [0.25, 0.3) is 0 Å². The molecular formula is C7H5ClFN3. The van der Waals surface area contributed by atoms with Crippen molar-refractivity contribution >= 4 is 17.4 Å². The number of nitrogens with one attached hydrogen (secondary N) is 1. The minimum Gasteiger partial charge on any atom is -0.357 e. The molecule has 0 spiro atoms. The van der Waals surface area contributed by atoms with Gasteiger partial charge in [-0.1, -0.05) is 5.92 Å². The second kappa shape index (κ2) is 3.88. The van der Waals surface area contributed by atoms with Crippen molar-refractivity contribution in [2.24, 2.45) is 0 Å². The quantitative estimate of drug-likeness (QED) is 0.558. The molecular weight excluding hydrogens is 181 g/mol. The first-order valence-corrected chi connectivity index (χ1v) is 3.47. The third kappa shape index (κ3) is 2.07. The maximum Gasteiger partial charge on any atom is 0.224 e. The van der Waals surface area contributed by atoms with Crippen LogP contribution in [0.3, 0.4) is 0 Å². The molecule has 0 unspecified atom stereocenters. The molecule has 0 aliphatic rings. The minimum atomic E-state index is -0.574. The SMILES string of the molecule is C#CCNc1nc(Cl)ncc1F. The van der Waals surface area contributed by atoms with Crippen LogP contribution in [0.5, 0.6) is 0 Å². The van der Waals surface area contributed by atoms with E-state index in [2.05, 4.69) is 21.2 Å². The number of aromatic nitrogens is 2. The molecule has 62 valence electrons. The highest BCUT2D eigenvalue weighted by Crippen LogP contribution is 2.10. The topological polar surface area (TPSA) is 37.8 Å². The number of hydrogen-bond donors (Lipinski definition) is 1. The van der Waals surface area contributed by atoms with Crippen LogP contribution < -0.4 is 5.32 Å². The standard InChI is InChI=1S/C7H5ClFN3/c1-2-3-10-6-5(9)4-11-7(8)12-6/h1,4H,3H2,(H,10,11,12). The number of terminal acetylenes is 1. The van der Waals surface area contributed by atoms with E-state index < -0.39 is 5.82 Å². The Morgan fingerprint density at radius 3 is 3.17 bits per heavy atom. The summed E-state index contributed by atoms with van der Waals surface area (Å²) < 4.78 is 12.8. The van der Waals surface area contributed by atoms with Crippen molar-refractivity contribution in [3.63, 3.8) is 0 Å². The molecule has 1 rings (SSSR count). The normalized spacial score (nSPS) is 9.08. The highest BCUT2D eigenvalue weighted by molar-refractivity contribution is 6.28. The molecule has 0 aliphatic heterocycles. The molecule has 0 saturated carbocycles. The van der Waals surface area contributed by atoms with Gasteiger partial charge in [0.1, 0.15) is 0 Å². The third-order valence-electron chi connectivity index (χ3n) is 1.07. The van der Waals surface area contributed by atoms with Gasteiger partial charge in [0.15, 0.2) is 11.6 Å². The molecule has 12 heavy (non-hydrogen) atoms. The zero-order chi connectivity index (χ0) is 8.97. The summed E-state index contributed by atoms with van der Waals surface area (Å²) in [5.74, 6) is 1.73. The number of rotatable bonds is 2. The Balaban J connectivity index is 2.84. The second-order valence-corrected chi connectivity index (χ2v) is 2.23. The third-order valence-corrected chi connectivity index (χ3v) is 1.25. The molecule has 0 bridgehead atoms. The number of halogens is 2. The van der Waals surface area contributed by atoms with Crippen molar-refractivity contribution in [2.45, 2.75) is 0 Å². The van der Waals surface area contributed by atoms with Crippen molar-refractivity contribution in [2.75, 3.05) is 11.9 Å². The fourth-order valence-corrected chi connectivity index (χ4v) is 0.738. The molecule has 0 saturated heterocycles. The Morgan fingerprint density at radius 2 is 2.50 bits per heavy atom. The molecule has 0 fully saturated rings. The van der Waals surface area contributed by atoms with Gasteiger partial charge in [0.2, 0.25) is 5.28 Å². The van der Waals surface area contributed by atoms with Crippen LogP contribution in [-0.4, -0.2) is 16.5 Å². The molecule has 0 radical (unpaired) electrons. The lowest BCUT2D eigenvalue weighted by molar-refractivity contribution is 0.617. The zero-order valence-electron chi connectivity index (χ0n) is 6.01. The predicted octanol–water partition coefficient (Wildman–Crippen LogP) is 1.31. The summed E-state index contributed by atoms with van der Waals surface area (Å²) in [5, 5.41) is 2.54. The first kappa shape index (κ1) is 8.75. The summed E-state index contributed by atoms with van der Waals surface area (Å²) in [6.07, 6.45) is 5.93. The van der Waals surface area contributed by atoms with Gasteiger partial charge in [-0.25, -0.2) is 9.37 Å². The number of hydrogen-bond acceptors (Lipinski definition) is 3. The Morgan fingerprint density at radius 1 is 1.75 bits per heavy atom. The van der Waals surface area contributed by atoms with Crippen molar-refractivity contribution in [3.8, 4) is 12.3 Å². The largest absolute Gasteiger partial charge is 0.357 e. The minimum absolute atomic E-state index is 0.0177. The highest BCUT2D eigenvalue weighted by Gasteiger charge is 2.03. The Kier molecular flexibility index (Phi) is 2.83. The van der Waals surface area contributed by atoms with E-state index in [1.807, 2.05) is 0 Å². The molecule has 0 aliphatic carbocycles. The summed E-state index contributed by atoms with van der Waals surface area (Å²) in [6, 6.07) is 0. The molecule has 1 heterocycles. The van der Waals surface area contributed by atoms with E-state index in [0.29, 0.717) is 0 Å². The van der Waals surface area contributed by atoms with Gasteiger partial charge in [0, 0.05) is 0 Å². The Labute approximate surface area is 74.0 Å². The number of anilines is 1. The van der Waals surface area contributed by atoms with Crippen LogP contribution in [-0.2, 0) is 0 Å². The zero-order valence-corrected chi connectivity index (χ0v) is 6.77. The van der Waals surface area contributed by atoms with Gasteiger partial charge in [-0.15, -0.1) is 6.42 Å². The predicted molar refractivity (Wildman–Crippen MR) is 44.3 cm³/mol. The first-order chi connectivity index (χ1) is 5.74. The average molecular weight is 186 g/mol. The summed E-state index contributed by atoms with van der Waals surface area (Å²) >= 11 is 5.42. The molecule has 5 heteroatoms. The average Bonchev–Trinajstić information content (AvgIpc) is 2.07. The molecule has 0 atom stereocenters. The van der Waals surface area contributed by atoms with E-state index >= 15 is 0 Å². The van der Waals surface area contributed by atoms with E-state index in [1.54, 1.807) is 0 Å². The van der Waals surface area contributed by atoms with Gasteiger partial charge in [-0.05, 0) is 11.6 Å². The number of nitrogens with zero attached hydrogens (tertiary/aromatic N) is 2. The maximum absolute atomic E-state index is 12.8. The smallest absolute Gasteiger partial charge is 0.224 e. The Bertz CT molecular complexity index is 321. The van der Waals surface area contributed by atoms with E-state index in [-0.39, 0.29) is 17.6 Å². The molecule has 0 amide bonds. The lowest BCUT2D eigenvalue weighted by Gasteiger charge is -2.01. The summed E-state index contributed by atoms with van der Waals surface area (Å²) in [7, 11) is 0. The van der Waals surface area contributed by atoms with E-state index in [0.717, 1.165) is 6.20 Å².